The third-order valence-corrected chi connectivity index (χ3v) is 4.39. The van der Waals surface area contributed by atoms with E-state index < -0.39 is 26.8 Å². The lowest BCUT2D eigenvalue weighted by atomic mass is 9.90. The number of hydrogen-bond acceptors (Lipinski definition) is 3. The van der Waals surface area contributed by atoms with E-state index in [1.54, 1.807) is 0 Å². The van der Waals surface area contributed by atoms with Crippen LogP contribution in [0.1, 0.15) is 43.2 Å². The number of likely N-dealkylation sites (tertiary alicyclic amines) is 1. The lowest BCUT2D eigenvalue weighted by Gasteiger charge is -2.32. The van der Waals surface area contributed by atoms with Crippen molar-refractivity contribution in [2.45, 2.75) is 37.0 Å². The fourth-order valence-corrected chi connectivity index (χ4v) is 3.07. The fourth-order valence-electron chi connectivity index (χ4n) is 2.54. The molecule has 19 heavy (non-hydrogen) atoms. The zero-order valence-electron chi connectivity index (χ0n) is 15.5. The van der Waals surface area contributed by atoms with Gasteiger partial charge in [-0.1, -0.05) is 19.0 Å². The molecule has 0 spiro atoms. The van der Waals surface area contributed by atoms with E-state index in [9.17, 15) is 8.42 Å². The molecule has 1 fully saturated rings. The number of sulfone groups is 1. The standard InChI is InChI=1S/C15H23NO2S/c1-3-9-16-10-5-7-14(12-16)13-6-4-8-15(11-13)19(2,17)18/h4,6,8,11,14H,3,5,7,9-10,12H2,1-2H3/i4D,6D,8D,11D. The van der Waals surface area contributed by atoms with E-state index in [0.29, 0.717) is 12.1 Å². The van der Waals surface area contributed by atoms with Crippen molar-refractivity contribution in [3.63, 3.8) is 0 Å². The number of benzene rings is 1. The molecule has 1 atom stereocenters. The van der Waals surface area contributed by atoms with Crippen molar-refractivity contribution in [2.75, 3.05) is 25.9 Å². The Morgan fingerprint density at radius 3 is 2.95 bits per heavy atom. The molecule has 1 aliphatic rings. The van der Waals surface area contributed by atoms with Gasteiger partial charge in [0.25, 0.3) is 0 Å². The Balaban J connectivity index is 2.56. The monoisotopic (exact) mass is 285 g/mol. The molecule has 1 aliphatic heterocycles. The molecule has 2 rings (SSSR count). The lowest BCUT2D eigenvalue weighted by molar-refractivity contribution is 0.208. The second-order valence-corrected chi connectivity index (χ2v) is 7.11. The van der Waals surface area contributed by atoms with Crippen LogP contribution in [0, 0.1) is 0 Å². The van der Waals surface area contributed by atoms with Gasteiger partial charge in [0.15, 0.2) is 9.84 Å². The maximum atomic E-state index is 11.9. The average Bonchev–Trinajstić information content (AvgIpc) is 2.44. The van der Waals surface area contributed by atoms with Gasteiger partial charge in [0.05, 0.1) is 10.4 Å². The normalized spacial score (nSPS) is 24.4. The van der Waals surface area contributed by atoms with Gasteiger partial charge in [-0.15, -0.1) is 0 Å². The van der Waals surface area contributed by atoms with Gasteiger partial charge in [-0.05, 0) is 55.9 Å². The van der Waals surface area contributed by atoms with E-state index in [0.717, 1.165) is 38.6 Å². The van der Waals surface area contributed by atoms with Crippen LogP contribution in [0.4, 0.5) is 0 Å². The molecular weight excluding hydrogens is 258 g/mol. The molecular formula is C15H23NO2S. The molecule has 3 nitrogen and oxygen atoms in total. The molecule has 1 heterocycles. The molecule has 4 heteroatoms. The first kappa shape index (κ1) is 9.94. The van der Waals surface area contributed by atoms with Crippen LogP contribution in [0.5, 0.6) is 0 Å². The SMILES string of the molecule is [2H]c1c([2H])c(C2CCCN(CCC)C2)c([2H])c(S(C)(=O)=O)c1[2H]. The van der Waals surface area contributed by atoms with Gasteiger partial charge in [0, 0.05) is 12.8 Å². The first-order valence-corrected chi connectivity index (χ1v) is 8.60. The van der Waals surface area contributed by atoms with Crippen molar-refractivity contribution >= 4 is 9.84 Å². The van der Waals surface area contributed by atoms with E-state index in [1.165, 1.54) is 0 Å². The maximum absolute atomic E-state index is 11.9. The van der Waals surface area contributed by atoms with Crippen molar-refractivity contribution in [1.82, 2.24) is 4.90 Å². The highest BCUT2D eigenvalue weighted by Crippen LogP contribution is 2.28. The smallest absolute Gasteiger partial charge is 0.175 e. The summed E-state index contributed by atoms with van der Waals surface area (Å²) in [5.74, 6) is -0.125. The second kappa shape index (κ2) is 6.06. The molecule has 0 aliphatic carbocycles. The lowest BCUT2D eigenvalue weighted by Crippen LogP contribution is -2.34. The largest absolute Gasteiger partial charge is 0.303 e. The van der Waals surface area contributed by atoms with Crippen molar-refractivity contribution < 1.29 is 13.9 Å². The van der Waals surface area contributed by atoms with E-state index in [2.05, 4.69) is 11.8 Å². The van der Waals surface area contributed by atoms with Crippen molar-refractivity contribution in [3.05, 3.63) is 29.7 Å². The molecule has 0 amide bonds. The van der Waals surface area contributed by atoms with Gasteiger partial charge in [-0.3, -0.25) is 0 Å². The highest BCUT2D eigenvalue weighted by Gasteiger charge is 2.21. The van der Waals surface area contributed by atoms with Gasteiger partial charge in [-0.25, -0.2) is 8.42 Å². The topological polar surface area (TPSA) is 37.4 Å². The van der Waals surface area contributed by atoms with E-state index >= 15 is 0 Å². The second-order valence-electron chi connectivity index (χ2n) is 5.15. The summed E-state index contributed by atoms with van der Waals surface area (Å²) in [6, 6.07) is -1.37. The number of hydrogen-bond donors (Lipinski definition) is 0. The van der Waals surface area contributed by atoms with Gasteiger partial charge in [0.2, 0.25) is 0 Å². The molecule has 0 bridgehead atoms. The highest BCUT2D eigenvalue weighted by atomic mass is 32.2. The van der Waals surface area contributed by atoms with Crippen LogP contribution in [0.15, 0.2) is 29.1 Å². The summed E-state index contributed by atoms with van der Waals surface area (Å²) >= 11 is 0. The van der Waals surface area contributed by atoms with Crippen LogP contribution >= 0.6 is 0 Å². The number of nitrogens with zero attached hydrogens (tertiary/aromatic N) is 1. The molecule has 1 aromatic rings. The number of rotatable bonds is 4. The van der Waals surface area contributed by atoms with Gasteiger partial charge >= 0.3 is 0 Å². The number of piperidine rings is 1. The summed E-state index contributed by atoms with van der Waals surface area (Å²) in [5, 5.41) is 0. The van der Waals surface area contributed by atoms with Crippen LogP contribution in [-0.2, 0) is 9.84 Å². The molecule has 106 valence electrons. The van der Waals surface area contributed by atoms with Crippen molar-refractivity contribution in [1.29, 1.82) is 0 Å². The summed E-state index contributed by atoms with van der Waals surface area (Å²) < 4.78 is 56.0. The van der Waals surface area contributed by atoms with Crippen LogP contribution in [0.25, 0.3) is 0 Å². The van der Waals surface area contributed by atoms with Crippen LogP contribution in [0.3, 0.4) is 0 Å². The van der Waals surface area contributed by atoms with Crippen LogP contribution in [0.2, 0.25) is 0 Å². The Labute approximate surface area is 122 Å². The Hall–Kier alpha value is -0.870. The molecule has 0 radical (unpaired) electrons. The van der Waals surface area contributed by atoms with Crippen molar-refractivity contribution in [3.8, 4) is 0 Å². The van der Waals surface area contributed by atoms with E-state index in [-0.39, 0.29) is 18.0 Å². The minimum atomic E-state index is -3.78. The summed E-state index contributed by atoms with van der Waals surface area (Å²) in [4.78, 5) is 1.84. The fraction of sp³-hybridized carbons (Fsp3) is 0.600. The first-order valence-electron chi connectivity index (χ1n) is 8.71. The molecule has 1 saturated heterocycles. The summed E-state index contributed by atoms with van der Waals surface area (Å²) in [7, 11) is -3.78. The summed E-state index contributed by atoms with van der Waals surface area (Å²) in [5.41, 5.74) is 0.312. The predicted octanol–water partition coefficient (Wildman–Crippen LogP) is 2.68. The Morgan fingerprint density at radius 2 is 2.26 bits per heavy atom. The minimum Gasteiger partial charge on any atom is -0.303 e. The minimum absolute atomic E-state index is 0.125. The van der Waals surface area contributed by atoms with E-state index in [4.69, 9.17) is 5.48 Å². The van der Waals surface area contributed by atoms with Gasteiger partial charge in [-0.2, -0.15) is 0 Å². The molecule has 1 unspecified atom stereocenters. The zero-order valence-corrected chi connectivity index (χ0v) is 12.3. The van der Waals surface area contributed by atoms with Crippen molar-refractivity contribution in [2.24, 2.45) is 0 Å². The average molecular weight is 285 g/mol. The predicted molar refractivity (Wildman–Crippen MR) is 78.3 cm³/mol. The highest BCUT2D eigenvalue weighted by molar-refractivity contribution is 7.90. The summed E-state index contributed by atoms with van der Waals surface area (Å²) in [6.07, 6.45) is 3.67. The molecule has 0 N–H and O–H groups in total. The Kier molecular flexibility index (Phi) is 3.17. The summed E-state index contributed by atoms with van der Waals surface area (Å²) in [6.45, 7) is 4.66. The Morgan fingerprint density at radius 1 is 1.47 bits per heavy atom. The third kappa shape index (κ3) is 3.80. The quantitative estimate of drug-likeness (QED) is 0.853. The molecule has 0 saturated carbocycles. The van der Waals surface area contributed by atoms with Crippen LogP contribution in [-0.4, -0.2) is 39.2 Å². The maximum Gasteiger partial charge on any atom is 0.175 e. The van der Waals surface area contributed by atoms with Gasteiger partial charge < -0.3 is 4.90 Å². The third-order valence-electron chi connectivity index (χ3n) is 3.45. The Bertz CT molecular complexity index is 704. The van der Waals surface area contributed by atoms with E-state index in [1.807, 2.05) is 0 Å². The molecule has 1 aromatic carbocycles. The zero-order chi connectivity index (χ0) is 17.4. The van der Waals surface area contributed by atoms with Gasteiger partial charge in [0.1, 0.15) is 0 Å². The molecule has 0 aromatic heterocycles. The van der Waals surface area contributed by atoms with Crippen LogP contribution < -0.4 is 0 Å². The first-order chi connectivity index (χ1) is 10.7.